The van der Waals surface area contributed by atoms with E-state index in [2.05, 4.69) is 11.6 Å². The average Bonchev–Trinajstić information content (AvgIpc) is 2.60. The van der Waals surface area contributed by atoms with Gasteiger partial charge in [-0.05, 0) is 12.1 Å². The summed E-state index contributed by atoms with van der Waals surface area (Å²) in [5.41, 5.74) is 6.52. The molecule has 88 valence electrons. The number of hydrogen-bond acceptors (Lipinski definition) is 2. The van der Waals surface area contributed by atoms with Gasteiger partial charge >= 0.3 is 0 Å². The summed E-state index contributed by atoms with van der Waals surface area (Å²) < 4.78 is 27.8. The first kappa shape index (κ1) is 11.3. The number of nitrogen functional groups attached to an aromatic ring is 1. The normalized spacial score (nSPS) is 10.5. The Morgan fingerprint density at radius 2 is 1.94 bits per heavy atom. The average molecular weight is 235 g/mol. The van der Waals surface area contributed by atoms with Crippen LogP contribution in [0.25, 0.3) is 11.3 Å². The quantitative estimate of drug-likeness (QED) is 0.831. The Morgan fingerprint density at radius 3 is 2.53 bits per heavy atom. The lowest BCUT2D eigenvalue weighted by molar-refractivity contribution is 0.584. The molecule has 0 unspecified atom stereocenters. The summed E-state index contributed by atoms with van der Waals surface area (Å²) in [7, 11) is 0. The van der Waals surface area contributed by atoms with Crippen molar-refractivity contribution in [3.63, 3.8) is 0 Å². The first-order valence-electron chi connectivity index (χ1n) is 5.00. The standard InChI is InChI=1S/C12H11F2N3/c1-2-3-17-7-16-11(12(17)15)8-4-9(13)6-10(14)5-8/h2,4-7H,1,3,15H2. The molecule has 3 nitrogen and oxygen atoms in total. The van der Waals surface area contributed by atoms with Crippen LogP contribution in [0.15, 0.2) is 37.2 Å². The van der Waals surface area contributed by atoms with Crippen LogP contribution in [0.4, 0.5) is 14.6 Å². The minimum absolute atomic E-state index is 0.322. The van der Waals surface area contributed by atoms with E-state index in [0.717, 1.165) is 6.07 Å². The van der Waals surface area contributed by atoms with Gasteiger partial charge in [-0.1, -0.05) is 6.08 Å². The van der Waals surface area contributed by atoms with Gasteiger partial charge in [-0.2, -0.15) is 0 Å². The molecule has 1 aromatic carbocycles. The van der Waals surface area contributed by atoms with Gasteiger partial charge in [-0.15, -0.1) is 6.58 Å². The minimum atomic E-state index is -0.655. The fraction of sp³-hybridized carbons (Fsp3) is 0.0833. The van der Waals surface area contributed by atoms with E-state index < -0.39 is 11.6 Å². The molecule has 17 heavy (non-hydrogen) atoms. The molecule has 0 spiro atoms. The summed E-state index contributed by atoms with van der Waals surface area (Å²) >= 11 is 0. The van der Waals surface area contributed by atoms with E-state index in [0.29, 0.717) is 23.6 Å². The molecule has 5 heteroatoms. The molecular weight excluding hydrogens is 224 g/mol. The van der Waals surface area contributed by atoms with E-state index in [9.17, 15) is 8.78 Å². The lowest BCUT2D eigenvalue weighted by atomic mass is 10.1. The third-order valence-corrected chi connectivity index (χ3v) is 2.34. The summed E-state index contributed by atoms with van der Waals surface area (Å²) in [5.74, 6) is -0.953. The highest BCUT2D eigenvalue weighted by molar-refractivity contribution is 5.70. The Balaban J connectivity index is 2.49. The fourth-order valence-electron chi connectivity index (χ4n) is 1.59. The highest BCUT2D eigenvalue weighted by Crippen LogP contribution is 2.25. The molecule has 0 aliphatic heterocycles. The van der Waals surface area contributed by atoms with Crippen LogP contribution in [0.5, 0.6) is 0 Å². The van der Waals surface area contributed by atoms with Crippen LogP contribution in [-0.4, -0.2) is 9.55 Å². The Morgan fingerprint density at radius 1 is 1.29 bits per heavy atom. The molecule has 0 saturated carbocycles. The topological polar surface area (TPSA) is 43.8 Å². The van der Waals surface area contributed by atoms with Gasteiger partial charge in [-0.25, -0.2) is 13.8 Å². The van der Waals surface area contributed by atoms with Crippen molar-refractivity contribution < 1.29 is 8.78 Å². The van der Waals surface area contributed by atoms with E-state index in [1.165, 1.54) is 18.5 Å². The maximum Gasteiger partial charge on any atom is 0.131 e. The summed E-state index contributed by atoms with van der Waals surface area (Å²) in [6, 6.07) is 3.19. The highest BCUT2D eigenvalue weighted by atomic mass is 19.1. The van der Waals surface area contributed by atoms with E-state index >= 15 is 0 Å². The number of nitrogens with two attached hydrogens (primary N) is 1. The molecule has 1 heterocycles. The van der Waals surface area contributed by atoms with Crippen LogP contribution < -0.4 is 5.73 Å². The molecule has 0 saturated heterocycles. The number of hydrogen-bond donors (Lipinski definition) is 1. The number of imidazole rings is 1. The number of allylic oxidation sites excluding steroid dienone is 1. The van der Waals surface area contributed by atoms with E-state index in [1.54, 1.807) is 10.6 Å². The number of benzene rings is 1. The molecule has 1 aromatic heterocycles. The number of halogens is 2. The van der Waals surface area contributed by atoms with Crippen molar-refractivity contribution in [2.45, 2.75) is 6.54 Å². The molecule has 0 aliphatic rings. The summed E-state index contributed by atoms with van der Waals surface area (Å²) in [6.07, 6.45) is 3.17. The smallest absolute Gasteiger partial charge is 0.131 e. The predicted molar refractivity (Wildman–Crippen MR) is 62.2 cm³/mol. The molecule has 2 rings (SSSR count). The minimum Gasteiger partial charge on any atom is -0.383 e. The van der Waals surface area contributed by atoms with Gasteiger partial charge in [-0.3, -0.25) is 0 Å². The third kappa shape index (κ3) is 2.18. The Hall–Kier alpha value is -2.17. The number of rotatable bonds is 3. The van der Waals surface area contributed by atoms with Crippen LogP contribution in [-0.2, 0) is 6.54 Å². The molecule has 0 aliphatic carbocycles. The van der Waals surface area contributed by atoms with Crippen LogP contribution in [0.3, 0.4) is 0 Å². The monoisotopic (exact) mass is 235 g/mol. The largest absolute Gasteiger partial charge is 0.383 e. The van der Waals surface area contributed by atoms with Crippen LogP contribution >= 0.6 is 0 Å². The highest BCUT2D eigenvalue weighted by Gasteiger charge is 2.11. The van der Waals surface area contributed by atoms with Crippen molar-refractivity contribution >= 4 is 5.82 Å². The van der Waals surface area contributed by atoms with Crippen molar-refractivity contribution in [2.75, 3.05) is 5.73 Å². The van der Waals surface area contributed by atoms with Crippen molar-refractivity contribution in [2.24, 2.45) is 0 Å². The molecule has 0 atom stereocenters. The van der Waals surface area contributed by atoms with Crippen molar-refractivity contribution in [1.29, 1.82) is 0 Å². The molecule has 0 bridgehead atoms. The van der Waals surface area contributed by atoms with E-state index in [-0.39, 0.29) is 0 Å². The van der Waals surface area contributed by atoms with Gasteiger partial charge in [0, 0.05) is 18.2 Å². The SMILES string of the molecule is C=CCn1cnc(-c2cc(F)cc(F)c2)c1N. The predicted octanol–water partition coefficient (Wildman–Crippen LogP) is 2.60. The maximum atomic E-state index is 13.1. The molecule has 2 N–H and O–H groups in total. The Kier molecular flexibility index (Phi) is 2.91. The third-order valence-electron chi connectivity index (χ3n) is 2.34. The molecule has 0 radical (unpaired) electrons. The van der Waals surface area contributed by atoms with Crippen LogP contribution in [0, 0.1) is 11.6 Å². The number of nitrogens with zero attached hydrogens (tertiary/aromatic N) is 2. The van der Waals surface area contributed by atoms with Gasteiger partial charge in [0.2, 0.25) is 0 Å². The zero-order valence-electron chi connectivity index (χ0n) is 9.03. The first-order chi connectivity index (χ1) is 8.11. The van der Waals surface area contributed by atoms with Gasteiger partial charge in [0.05, 0.1) is 6.33 Å². The Bertz CT molecular complexity index is 541. The summed E-state index contributed by atoms with van der Waals surface area (Å²) in [6.45, 7) is 4.08. The lowest BCUT2D eigenvalue weighted by Crippen LogP contribution is -2.00. The molecular formula is C12H11F2N3. The van der Waals surface area contributed by atoms with Crippen molar-refractivity contribution in [3.05, 3.63) is 48.8 Å². The second-order valence-corrected chi connectivity index (χ2v) is 3.58. The lowest BCUT2D eigenvalue weighted by Gasteiger charge is -2.03. The molecule has 0 amide bonds. The second-order valence-electron chi connectivity index (χ2n) is 3.58. The zero-order valence-corrected chi connectivity index (χ0v) is 9.03. The van der Waals surface area contributed by atoms with Crippen LogP contribution in [0.2, 0.25) is 0 Å². The molecule has 2 aromatic rings. The number of aromatic nitrogens is 2. The van der Waals surface area contributed by atoms with Gasteiger partial charge < -0.3 is 10.3 Å². The second kappa shape index (κ2) is 4.37. The Labute approximate surface area is 97.2 Å². The van der Waals surface area contributed by atoms with Crippen molar-refractivity contribution in [1.82, 2.24) is 9.55 Å². The fourth-order valence-corrected chi connectivity index (χ4v) is 1.59. The van der Waals surface area contributed by atoms with Gasteiger partial charge in [0.15, 0.2) is 0 Å². The van der Waals surface area contributed by atoms with Gasteiger partial charge in [0.1, 0.15) is 23.1 Å². The van der Waals surface area contributed by atoms with Gasteiger partial charge in [0.25, 0.3) is 0 Å². The maximum absolute atomic E-state index is 13.1. The number of anilines is 1. The summed E-state index contributed by atoms with van der Waals surface area (Å²) in [5, 5.41) is 0. The zero-order chi connectivity index (χ0) is 12.4. The summed E-state index contributed by atoms with van der Waals surface area (Å²) in [4.78, 5) is 4.04. The molecule has 0 fully saturated rings. The van der Waals surface area contributed by atoms with Crippen molar-refractivity contribution in [3.8, 4) is 11.3 Å². The van der Waals surface area contributed by atoms with E-state index in [1.807, 2.05) is 0 Å². The first-order valence-corrected chi connectivity index (χ1v) is 5.00. The van der Waals surface area contributed by atoms with E-state index in [4.69, 9.17) is 5.73 Å². The van der Waals surface area contributed by atoms with Crippen LogP contribution in [0.1, 0.15) is 0 Å².